The van der Waals surface area contributed by atoms with Gasteiger partial charge in [-0.1, -0.05) is 6.92 Å². The van der Waals surface area contributed by atoms with Gasteiger partial charge in [0.05, 0.1) is 16.4 Å². The summed E-state index contributed by atoms with van der Waals surface area (Å²) >= 11 is 3.57. The van der Waals surface area contributed by atoms with E-state index in [9.17, 15) is 0 Å². The number of hydrogen-bond acceptors (Lipinski definition) is 4. The Hall–Kier alpha value is -0.430. The van der Waals surface area contributed by atoms with Crippen molar-refractivity contribution in [2.24, 2.45) is 0 Å². The molecule has 19 heavy (non-hydrogen) atoms. The number of aromatic nitrogens is 2. The van der Waals surface area contributed by atoms with Crippen LogP contribution in [0.2, 0.25) is 0 Å². The summed E-state index contributed by atoms with van der Waals surface area (Å²) in [6.45, 7) is 7.24. The Labute approximate surface area is 123 Å². The molecule has 1 N–H and O–H groups in total. The maximum atomic E-state index is 5.43. The van der Waals surface area contributed by atoms with E-state index < -0.39 is 0 Å². The van der Waals surface area contributed by atoms with Crippen LogP contribution in [0, 0.1) is 0 Å². The Bertz CT molecular complexity index is 378. The summed E-state index contributed by atoms with van der Waals surface area (Å²) in [5.41, 5.74) is 1.05. The van der Waals surface area contributed by atoms with Crippen LogP contribution in [0.15, 0.2) is 10.7 Å². The Morgan fingerprint density at radius 1 is 1.37 bits per heavy atom. The van der Waals surface area contributed by atoms with Gasteiger partial charge in [-0.25, -0.2) is 0 Å². The van der Waals surface area contributed by atoms with Gasteiger partial charge < -0.3 is 14.8 Å². The van der Waals surface area contributed by atoms with E-state index in [1.165, 1.54) is 0 Å². The van der Waals surface area contributed by atoms with Crippen LogP contribution in [0.4, 0.5) is 0 Å². The van der Waals surface area contributed by atoms with E-state index in [0.29, 0.717) is 0 Å². The summed E-state index contributed by atoms with van der Waals surface area (Å²) in [5.74, 6) is 0. The molecule has 0 aromatic carbocycles. The molecular weight excluding hydrogens is 310 g/mol. The van der Waals surface area contributed by atoms with Crippen LogP contribution in [0.5, 0.6) is 0 Å². The third-order valence-corrected chi connectivity index (χ3v) is 3.53. The van der Waals surface area contributed by atoms with Crippen molar-refractivity contribution in [3.8, 4) is 0 Å². The molecule has 0 saturated heterocycles. The van der Waals surface area contributed by atoms with Crippen LogP contribution < -0.4 is 5.32 Å². The quantitative estimate of drug-likeness (QED) is 0.743. The fourth-order valence-electron chi connectivity index (χ4n) is 2.04. The lowest BCUT2D eigenvalue weighted by Gasteiger charge is -2.27. The Kier molecular flexibility index (Phi) is 6.99. The lowest BCUT2D eigenvalue weighted by Crippen LogP contribution is -2.37. The van der Waals surface area contributed by atoms with Crippen molar-refractivity contribution >= 4 is 15.9 Å². The predicted octanol–water partition coefficient (Wildman–Crippen LogP) is 2.89. The van der Waals surface area contributed by atoms with Gasteiger partial charge in [0.25, 0.3) is 0 Å². The highest BCUT2D eigenvalue weighted by Gasteiger charge is 2.28. The van der Waals surface area contributed by atoms with Gasteiger partial charge in [-0.15, -0.1) is 0 Å². The first-order valence-corrected chi connectivity index (χ1v) is 7.37. The van der Waals surface area contributed by atoms with Crippen LogP contribution in [-0.2, 0) is 9.47 Å². The topological polar surface area (TPSA) is 48.3 Å². The van der Waals surface area contributed by atoms with Gasteiger partial charge in [0.15, 0.2) is 6.29 Å². The van der Waals surface area contributed by atoms with Gasteiger partial charge >= 0.3 is 0 Å². The SMILES string of the molecule is CCCNC(c1c(Br)cnn1C(C)C)C(OC)OC. The number of rotatable bonds is 8. The number of hydrogen-bond donors (Lipinski definition) is 1. The Balaban J connectivity index is 3.11. The molecule has 0 fully saturated rings. The molecule has 0 saturated carbocycles. The summed E-state index contributed by atoms with van der Waals surface area (Å²) in [7, 11) is 3.30. The average molecular weight is 334 g/mol. The minimum atomic E-state index is -0.350. The maximum Gasteiger partial charge on any atom is 0.177 e. The molecule has 1 heterocycles. The lowest BCUT2D eigenvalue weighted by molar-refractivity contribution is -0.125. The highest BCUT2D eigenvalue weighted by Crippen LogP contribution is 2.29. The zero-order valence-electron chi connectivity index (χ0n) is 12.3. The molecule has 1 aromatic rings. The molecule has 5 nitrogen and oxygen atoms in total. The fraction of sp³-hybridized carbons (Fsp3) is 0.769. The molecule has 0 aliphatic rings. The van der Waals surface area contributed by atoms with Crippen molar-refractivity contribution in [3.05, 3.63) is 16.4 Å². The van der Waals surface area contributed by atoms with E-state index in [4.69, 9.17) is 9.47 Å². The first-order chi connectivity index (χ1) is 9.06. The molecule has 1 rings (SSSR count). The molecule has 1 unspecified atom stereocenters. The predicted molar refractivity (Wildman–Crippen MR) is 79.2 cm³/mol. The summed E-state index contributed by atoms with van der Waals surface area (Å²) in [4.78, 5) is 0. The summed E-state index contributed by atoms with van der Waals surface area (Å²) in [5, 5.41) is 7.88. The molecule has 6 heteroatoms. The van der Waals surface area contributed by atoms with Crippen molar-refractivity contribution in [3.63, 3.8) is 0 Å². The van der Waals surface area contributed by atoms with Crippen LogP contribution in [-0.4, -0.2) is 36.8 Å². The molecule has 110 valence electrons. The number of halogens is 1. The van der Waals surface area contributed by atoms with Crippen molar-refractivity contribution < 1.29 is 9.47 Å². The Morgan fingerprint density at radius 2 is 2.00 bits per heavy atom. The molecule has 0 bridgehead atoms. The van der Waals surface area contributed by atoms with Crippen molar-refractivity contribution in [1.29, 1.82) is 0 Å². The lowest BCUT2D eigenvalue weighted by atomic mass is 10.1. The second-order valence-corrected chi connectivity index (χ2v) is 5.54. The van der Waals surface area contributed by atoms with E-state index in [0.717, 1.165) is 23.1 Å². The summed E-state index contributed by atoms with van der Waals surface area (Å²) in [6, 6.07) is 0.218. The van der Waals surface area contributed by atoms with Crippen LogP contribution in [0.1, 0.15) is 45.0 Å². The van der Waals surface area contributed by atoms with E-state index in [2.05, 4.69) is 47.1 Å². The summed E-state index contributed by atoms with van der Waals surface area (Å²) in [6.07, 6.45) is 2.51. The van der Waals surface area contributed by atoms with Gasteiger partial charge in [-0.3, -0.25) is 4.68 Å². The number of nitrogens with one attached hydrogen (secondary N) is 1. The zero-order valence-corrected chi connectivity index (χ0v) is 13.9. The van der Waals surface area contributed by atoms with Gasteiger partial charge in [0, 0.05) is 20.3 Å². The van der Waals surface area contributed by atoms with E-state index in [1.807, 2.05) is 10.9 Å². The van der Waals surface area contributed by atoms with Crippen molar-refractivity contribution in [2.75, 3.05) is 20.8 Å². The maximum absolute atomic E-state index is 5.43. The first kappa shape index (κ1) is 16.6. The Morgan fingerprint density at radius 3 is 2.47 bits per heavy atom. The monoisotopic (exact) mass is 333 g/mol. The standard InChI is InChI=1S/C13H24BrN3O2/c1-6-7-15-11(13(18-4)19-5)12-10(14)8-16-17(12)9(2)3/h8-9,11,13,15H,6-7H2,1-5H3. The molecule has 0 aliphatic heterocycles. The van der Waals surface area contributed by atoms with E-state index in [-0.39, 0.29) is 18.4 Å². The normalized spacial score (nSPS) is 13.5. The van der Waals surface area contributed by atoms with Crippen LogP contribution in [0.3, 0.4) is 0 Å². The molecule has 1 atom stereocenters. The van der Waals surface area contributed by atoms with Gasteiger partial charge in [0.2, 0.25) is 0 Å². The number of methoxy groups -OCH3 is 2. The fourth-order valence-corrected chi connectivity index (χ4v) is 2.56. The molecule has 1 aromatic heterocycles. The third-order valence-electron chi connectivity index (χ3n) is 2.92. The molecule has 0 aliphatic carbocycles. The van der Waals surface area contributed by atoms with E-state index in [1.54, 1.807) is 14.2 Å². The molecule has 0 spiro atoms. The first-order valence-electron chi connectivity index (χ1n) is 6.58. The highest BCUT2D eigenvalue weighted by molar-refractivity contribution is 9.10. The van der Waals surface area contributed by atoms with Crippen molar-refractivity contribution in [1.82, 2.24) is 15.1 Å². The zero-order chi connectivity index (χ0) is 14.4. The molecular formula is C13H24BrN3O2. The second-order valence-electron chi connectivity index (χ2n) is 4.69. The molecule has 0 radical (unpaired) electrons. The smallest absolute Gasteiger partial charge is 0.177 e. The largest absolute Gasteiger partial charge is 0.354 e. The molecule has 0 amide bonds. The third kappa shape index (κ3) is 4.02. The van der Waals surface area contributed by atoms with Gasteiger partial charge in [-0.2, -0.15) is 5.10 Å². The van der Waals surface area contributed by atoms with Crippen LogP contribution >= 0.6 is 15.9 Å². The minimum absolute atomic E-state index is 0.0609. The minimum Gasteiger partial charge on any atom is -0.354 e. The van der Waals surface area contributed by atoms with Crippen LogP contribution in [0.25, 0.3) is 0 Å². The van der Waals surface area contributed by atoms with Gasteiger partial charge in [0.1, 0.15) is 6.04 Å². The van der Waals surface area contributed by atoms with E-state index >= 15 is 0 Å². The number of nitrogens with zero attached hydrogens (tertiary/aromatic N) is 2. The van der Waals surface area contributed by atoms with Crippen molar-refractivity contribution in [2.45, 2.75) is 45.6 Å². The van der Waals surface area contributed by atoms with Gasteiger partial charge in [-0.05, 0) is 42.7 Å². The second kappa shape index (κ2) is 7.99. The average Bonchev–Trinajstić information content (AvgIpc) is 2.76. The highest BCUT2D eigenvalue weighted by atomic mass is 79.9. The summed E-state index contributed by atoms with van der Waals surface area (Å²) < 4.78 is 13.8. The number of ether oxygens (including phenoxy) is 2.